The molecule has 3 rings (SSSR count). The van der Waals surface area contributed by atoms with E-state index >= 15 is 0 Å². The van der Waals surface area contributed by atoms with Crippen LogP contribution < -0.4 is 5.32 Å². The number of benzene rings is 1. The smallest absolute Gasteiger partial charge is 0.223 e. The van der Waals surface area contributed by atoms with E-state index < -0.39 is 0 Å². The number of aromatic nitrogens is 1. The summed E-state index contributed by atoms with van der Waals surface area (Å²) in [6.07, 6.45) is 3.38. The minimum absolute atomic E-state index is 0.277. The van der Waals surface area contributed by atoms with E-state index in [1.165, 1.54) is 5.56 Å². The maximum atomic E-state index is 12.2. The average Bonchev–Trinajstić information content (AvgIpc) is 2.92. The predicted molar refractivity (Wildman–Crippen MR) is 92.3 cm³/mol. The molecule has 1 amide bonds. The third-order valence-corrected chi connectivity index (χ3v) is 4.30. The minimum atomic E-state index is 0.277. The quantitative estimate of drug-likeness (QED) is 0.892. The largest absolute Gasteiger partial charge is 0.385 e. The Morgan fingerprint density at radius 2 is 2.09 bits per heavy atom. The highest BCUT2D eigenvalue weighted by atomic mass is 16.2. The first-order valence-electron chi connectivity index (χ1n) is 8.19. The molecule has 1 saturated heterocycles. The normalized spacial score (nSPS) is 17.5. The number of hydrogen-bond acceptors (Lipinski definition) is 3. The van der Waals surface area contributed by atoms with Crippen LogP contribution in [0.3, 0.4) is 0 Å². The molecule has 0 unspecified atom stereocenters. The summed E-state index contributed by atoms with van der Waals surface area (Å²) in [7, 11) is 0. The molecular weight excluding hydrogens is 286 g/mol. The monoisotopic (exact) mass is 309 g/mol. The number of carbonyl (C=O) groups excluding carboxylic acids is 1. The summed E-state index contributed by atoms with van der Waals surface area (Å²) in [6.45, 7) is 4.48. The van der Waals surface area contributed by atoms with Crippen molar-refractivity contribution in [1.82, 2.24) is 9.88 Å². The molecule has 1 atom stereocenters. The number of rotatable bonds is 6. The zero-order valence-electron chi connectivity index (χ0n) is 13.5. The maximum absolute atomic E-state index is 12.2. The summed E-state index contributed by atoms with van der Waals surface area (Å²) in [5, 5.41) is 3.42. The summed E-state index contributed by atoms with van der Waals surface area (Å²) in [5.74, 6) is 0.658. The van der Waals surface area contributed by atoms with Gasteiger partial charge in [-0.2, -0.15) is 0 Å². The van der Waals surface area contributed by atoms with E-state index in [-0.39, 0.29) is 5.91 Å². The fourth-order valence-corrected chi connectivity index (χ4v) is 3.03. The predicted octanol–water partition coefficient (Wildman–Crippen LogP) is 2.89. The lowest BCUT2D eigenvalue weighted by Crippen LogP contribution is -2.28. The highest BCUT2D eigenvalue weighted by molar-refractivity contribution is 5.78. The summed E-state index contributed by atoms with van der Waals surface area (Å²) < 4.78 is 0. The molecule has 0 spiro atoms. The Kier molecular flexibility index (Phi) is 4.91. The molecular formula is C19H23N3O. The summed E-state index contributed by atoms with van der Waals surface area (Å²) in [6, 6.07) is 14.3. The second kappa shape index (κ2) is 7.27. The molecule has 2 heterocycles. The first-order valence-corrected chi connectivity index (χ1v) is 8.19. The Labute approximate surface area is 137 Å². The van der Waals surface area contributed by atoms with Crippen LogP contribution in [-0.2, 0) is 11.2 Å². The van der Waals surface area contributed by atoms with Gasteiger partial charge in [-0.25, -0.2) is 0 Å². The lowest BCUT2D eigenvalue weighted by molar-refractivity contribution is -0.127. The Hall–Kier alpha value is -2.36. The Bertz CT molecular complexity index is 657. The van der Waals surface area contributed by atoms with Crippen molar-refractivity contribution >= 4 is 11.6 Å². The SMILES string of the molecule is Cc1cc(NC[C@@H]2CC(=O)N(CCc3ccccc3)C2)ccn1. The Balaban J connectivity index is 1.47. The van der Waals surface area contributed by atoms with Gasteiger partial charge in [0.15, 0.2) is 0 Å². The van der Waals surface area contributed by atoms with Crippen LogP contribution in [0, 0.1) is 12.8 Å². The van der Waals surface area contributed by atoms with Crippen LogP contribution in [0.5, 0.6) is 0 Å². The lowest BCUT2D eigenvalue weighted by atomic mass is 10.1. The van der Waals surface area contributed by atoms with Gasteiger partial charge in [0, 0.05) is 49.6 Å². The van der Waals surface area contributed by atoms with Crippen LogP contribution in [0.15, 0.2) is 48.7 Å². The molecule has 1 N–H and O–H groups in total. The summed E-state index contributed by atoms with van der Waals surface area (Å²) in [5.41, 5.74) is 3.36. The number of anilines is 1. The average molecular weight is 309 g/mol. The van der Waals surface area contributed by atoms with Gasteiger partial charge in [0.1, 0.15) is 0 Å². The van der Waals surface area contributed by atoms with Crippen molar-refractivity contribution in [2.24, 2.45) is 5.92 Å². The van der Waals surface area contributed by atoms with Gasteiger partial charge in [-0.3, -0.25) is 9.78 Å². The van der Waals surface area contributed by atoms with Crippen molar-refractivity contribution in [3.63, 3.8) is 0 Å². The van der Waals surface area contributed by atoms with Gasteiger partial charge in [0.25, 0.3) is 0 Å². The van der Waals surface area contributed by atoms with Gasteiger partial charge < -0.3 is 10.2 Å². The van der Waals surface area contributed by atoms with Gasteiger partial charge in [0.2, 0.25) is 5.91 Å². The number of amides is 1. The lowest BCUT2D eigenvalue weighted by Gasteiger charge is -2.17. The summed E-state index contributed by atoms with van der Waals surface area (Å²) in [4.78, 5) is 18.4. The van der Waals surface area contributed by atoms with Crippen LogP contribution in [0.1, 0.15) is 17.7 Å². The number of carbonyl (C=O) groups is 1. The van der Waals surface area contributed by atoms with Gasteiger partial charge in [-0.15, -0.1) is 0 Å². The maximum Gasteiger partial charge on any atom is 0.223 e. The molecule has 1 fully saturated rings. The minimum Gasteiger partial charge on any atom is -0.385 e. The van der Waals surface area contributed by atoms with Crippen LogP contribution in [0.25, 0.3) is 0 Å². The van der Waals surface area contributed by atoms with E-state index in [0.29, 0.717) is 12.3 Å². The van der Waals surface area contributed by atoms with E-state index in [0.717, 1.165) is 37.4 Å². The highest BCUT2D eigenvalue weighted by Crippen LogP contribution is 2.19. The van der Waals surface area contributed by atoms with Gasteiger partial charge in [-0.1, -0.05) is 30.3 Å². The third-order valence-electron chi connectivity index (χ3n) is 4.30. The molecule has 1 aromatic carbocycles. The summed E-state index contributed by atoms with van der Waals surface area (Å²) >= 11 is 0. The first-order chi connectivity index (χ1) is 11.2. The number of aryl methyl sites for hydroxylation is 1. The standard InChI is InChI=1S/C19H23N3O/c1-15-11-18(7-9-20-15)21-13-17-12-19(23)22(14-17)10-8-16-5-3-2-4-6-16/h2-7,9,11,17H,8,10,12-14H2,1H3,(H,20,21)/t17-/m0/s1. The molecule has 0 radical (unpaired) electrons. The number of nitrogens with zero attached hydrogens (tertiary/aromatic N) is 2. The molecule has 0 aliphatic carbocycles. The highest BCUT2D eigenvalue weighted by Gasteiger charge is 2.28. The number of nitrogens with one attached hydrogen (secondary N) is 1. The molecule has 1 aliphatic rings. The molecule has 0 bridgehead atoms. The second-order valence-electron chi connectivity index (χ2n) is 6.21. The molecule has 4 nitrogen and oxygen atoms in total. The Morgan fingerprint density at radius 1 is 1.26 bits per heavy atom. The molecule has 1 aromatic heterocycles. The topological polar surface area (TPSA) is 45.2 Å². The van der Waals surface area contributed by atoms with Crippen molar-refractivity contribution in [1.29, 1.82) is 0 Å². The molecule has 120 valence electrons. The van der Waals surface area contributed by atoms with Gasteiger partial charge in [-0.05, 0) is 31.0 Å². The van der Waals surface area contributed by atoms with Crippen molar-refractivity contribution in [2.45, 2.75) is 19.8 Å². The van der Waals surface area contributed by atoms with Crippen LogP contribution in [-0.4, -0.2) is 35.4 Å². The Morgan fingerprint density at radius 3 is 2.87 bits per heavy atom. The van der Waals surface area contributed by atoms with Crippen molar-refractivity contribution in [2.75, 3.05) is 25.0 Å². The fraction of sp³-hybridized carbons (Fsp3) is 0.368. The molecule has 4 heteroatoms. The fourth-order valence-electron chi connectivity index (χ4n) is 3.03. The van der Waals surface area contributed by atoms with Crippen LogP contribution >= 0.6 is 0 Å². The first kappa shape index (κ1) is 15.5. The van der Waals surface area contributed by atoms with Crippen molar-refractivity contribution in [3.8, 4) is 0 Å². The number of likely N-dealkylation sites (tertiary alicyclic amines) is 1. The third kappa shape index (κ3) is 4.31. The zero-order valence-corrected chi connectivity index (χ0v) is 13.5. The van der Waals surface area contributed by atoms with Gasteiger partial charge >= 0.3 is 0 Å². The van der Waals surface area contributed by atoms with Gasteiger partial charge in [0.05, 0.1) is 0 Å². The molecule has 23 heavy (non-hydrogen) atoms. The van der Waals surface area contributed by atoms with Crippen LogP contribution in [0.2, 0.25) is 0 Å². The number of hydrogen-bond donors (Lipinski definition) is 1. The van der Waals surface area contributed by atoms with Crippen molar-refractivity contribution in [3.05, 3.63) is 59.9 Å². The van der Waals surface area contributed by atoms with Crippen molar-refractivity contribution < 1.29 is 4.79 Å². The van der Waals surface area contributed by atoms with Crippen LogP contribution in [0.4, 0.5) is 5.69 Å². The van der Waals surface area contributed by atoms with E-state index in [9.17, 15) is 4.79 Å². The zero-order chi connectivity index (χ0) is 16.1. The van der Waals surface area contributed by atoms with E-state index in [1.54, 1.807) is 0 Å². The molecule has 0 saturated carbocycles. The number of pyridine rings is 1. The molecule has 2 aromatic rings. The van der Waals surface area contributed by atoms with E-state index in [1.807, 2.05) is 48.4 Å². The second-order valence-corrected chi connectivity index (χ2v) is 6.21. The molecule has 1 aliphatic heterocycles. The van der Waals surface area contributed by atoms with E-state index in [2.05, 4.69) is 22.4 Å². The van der Waals surface area contributed by atoms with E-state index in [4.69, 9.17) is 0 Å².